The Morgan fingerprint density at radius 3 is 2.32 bits per heavy atom. The lowest BCUT2D eigenvalue weighted by atomic mass is 10.2. The van der Waals surface area contributed by atoms with Gasteiger partial charge < -0.3 is 0 Å². The van der Waals surface area contributed by atoms with Crippen molar-refractivity contribution in [3.8, 4) is 0 Å². The van der Waals surface area contributed by atoms with Gasteiger partial charge in [-0.2, -0.15) is 0 Å². The highest BCUT2D eigenvalue weighted by Gasteiger charge is 2.33. The molecule has 2 aromatic rings. The fourth-order valence-corrected chi connectivity index (χ4v) is 3.66. The van der Waals surface area contributed by atoms with Gasteiger partial charge >= 0.3 is 0 Å². The fraction of sp³-hybridized carbons (Fsp3) is 0.105. The monoisotopic (exact) mass is 368 g/mol. The first-order valence-corrected chi connectivity index (χ1v) is 8.93. The number of anilines is 1. The van der Waals surface area contributed by atoms with E-state index in [1.165, 1.54) is 23.6 Å². The van der Waals surface area contributed by atoms with Crippen molar-refractivity contribution in [3.63, 3.8) is 0 Å². The SMILES string of the molecule is CC(=O)N(C=C1SC(=S)N(Cc2ccccc2)C1=O)c1ccccc1. The molecule has 2 aromatic carbocycles. The fourth-order valence-electron chi connectivity index (χ4n) is 2.45. The van der Waals surface area contributed by atoms with Gasteiger partial charge in [0.2, 0.25) is 5.91 Å². The number of hydrogen-bond donors (Lipinski definition) is 0. The molecule has 0 unspecified atom stereocenters. The molecule has 0 saturated carbocycles. The summed E-state index contributed by atoms with van der Waals surface area (Å²) < 4.78 is 0.497. The van der Waals surface area contributed by atoms with Gasteiger partial charge in [-0.1, -0.05) is 72.5 Å². The maximum atomic E-state index is 12.7. The number of nitrogens with zero attached hydrogens (tertiary/aromatic N) is 2. The molecule has 1 aliphatic heterocycles. The molecule has 4 nitrogen and oxygen atoms in total. The Morgan fingerprint density at radius 1 is 1.12 bits per heavy atom. The van der Waals surface area contributed by atoms with E-state index in [0.717, 1.165) is 5.56 Å². The van der Waals surface area contributed by atoms with Crippen LogP contribution in [0.25, 0.3) is 0 Å². The van der Waals surface area contributed by atoms with E-state index in [0.29, 0.717) is 21.5 Å². The van der Waals surface area contributed by atoms with Gasteiger partial charge in [0.15, 0.2) is 0 Å². The molecule has 0 aromatic heterocycles. The normalized spacial score (nSPS) is 15.7. The largest absolute Gasteiger partial charge is 0.288 e. The molecule has 6 heteroatoms. The number of hydrogen-bond acceptors (Lipinski definition) is 4. The number of amides is 2. The number of carbonyl (C=O) groups excluding carboxylic acids is 2. The third kappa shape index (κ3) is 3.97. The van der Waals surface area contributed by atoms with Crippen molar-refractivity contribution in [1.82, 2.24) is 4.90 Å². The molecule has 1 fully saturated rings. The number of rotatable bonds is 4. The van der Waals surface area contributed by atoms with Crippen LogP contribution in [-0.4, -0.2) is 21.0 Å². The minimum atomic E-state index is -0.180. The van der Waals surface area contributed by atoms with Crippen LogP contribution in [0.1, 0.15) is 12.5 Å². The summed E-state index contributed by atoms with van der Waals surface area (Å²) in [5.41, 5.74) is 1.72. The molecule has 2 amide bonds. The molecular weight excluding hydrogens is 352 g/mol. The quantitative estimate of drug-likeness (QED) is 0.605. The second kappa shape index (κ2) is 7.63. The Balaban J connectivity index is 1.85. The Morgan fingerprint density at radius 2 is 1.72 bits per heavy atom. The van der Waals surface area contributed by atoms with Crippen molar-refractivity contribution < 1.29 is 9.59 Å². The molecule has 0 spiro atoms. The number of benzene rings is 2. The van der Waals surface area contributed by atoms with Crippen molar-refractivity contribution in [3.05, 3.63) is 77.3 Å². The Labute approximate surface area is 156 Å². The van der Waals surface area contributed by atoms with Gasteiger partial charge in [0.1, 0.15) is 4.32 Å². The summed E-state index contributed by atoms with van der Waals surface area (Å²) >= 11 is 6.57. The van der Waals surface area contributed by atoms with Crippen molar-refractivity contribution >= 4 is 45.8 Å². The maximum absolute atomic E-state index is 12.7. The number of thiocarbonyl (C=S) groups is 1. The first-order valence-electron chi connectivity index (χ1n) is 7.70. The van der Waals surface area contributed by atoms with E-state index < -0.39 is 0 Å². The van der Waals surface area contributed by atoms with Crippen LogP contribution in [0.3, 0.4) is 0 Å². The predicted octanol–water partition coefficient (Wildman–Crippen LogP) is 3.94. The van der Waals surface area contributed by atoms with E-state index in [2.05, 4.69) is 0 Å². The van der Waals surface area contributed by atoms with E-state index in [1.807, 2.05) is 60.7 Å². The predicted molar refractivity (Wildman–Crippen MR) is 105 cm³/mol. The molecule has 1 saturated heterocycles. The van der Waals surface area contributed by atoms with Gasteiger partial charge in [0.25, 0.3) is 5.91 Å². The number of carbonyl (C=O) groups is 2. The second-order valence-electron chi connectivity index (χ2n) is 5.46. The summed E-state index contributed by atoms with van der Waals surface area (Å²) in [7, 11) is 0. The van der Waals surface area contributed by atoms with Gasteiger partial charge in [-0.3, -0.25) is 19.4 Å². The van der Waals surface area contributed by atoms with Gasteiger partial charge in [0, 0.05) is 18.8 Å². The van der Waals surface area contributed by atoms with E-state index in [9.17, 15) is 9.59 Å². The Kier molecular flexibility index (Phi) is 5.31. The molecule has 0 radical (unpaired) electrons. The molecule has 1 heterocycles. The summed E-state index contributed by atoms with van der Waals surface area (Å²) in [6, 6.07) is 18.9. The molecule has 1 aliphatic rings. The third-order valence-corrected chi connectivity index (χ3v) is 5.04. The first-order chi connectivity index (χ1) is 12.1. The highest BCUT2D eigenvalue weighted by Crippen LogP contribution is 2.33. The van der Waals surface area contributed by atoms with Crippen LogP contribution in [0, 0.1) is 0 Å². The molecular formula is C19H16N2O2S2. The highest BCUT2D eigenvalue weighted by molar-refractivity contribution is 8.26. The van der Waals surface area contributed by atoms with Crippen molar-refractivity contribution in [1.29, 1.82) is 0 Å². The number of para-hydroxylation sites is 1. The van der Waals surface area contributed by atoms with Crippen LogP contribution in [0.15, 0.2) is 71.8 Å². The Hall–Kier alpha value is -2.44. The summed E-state index contributed by atoms with van der Waals surface area (Å²) in [6.45, 7) is 1.89. The lowest BCUT2D eigenvalue weighted by Crippen LogP contribution is -2.28. The summed E-state index contributed by atoms with van der Waals surface area (Å²) in [5.74, 6) is -0.347. The van der Waals surface area contributed by atoms with Crippen LogP contribution >= 0.6 is 24.0 Å². The van der Waals surface area contributed by atoms with Crippen LogP contribution in [0.5, 0.6) is 0 Å². The zero-order chi connectivity index (χ0) is 17.8. The van der Waals surface area contributed by atoms with Crippen LogP contribution in [0.4, 0.5) is 5.69 Å². The zero-order valence-electron chi connectivity index (χ0n) is 13.6. The van der Waals surface area contributed by atoms with E-state index in [-0.39, 0.29) is 11.8 Å². The van der Waals surface area contributed by atoms with Crippen LogP contribution in [0.2, 0.25) is 0 Å². The zero-order valence-corrected chi connectivity index (χ0v) is 15.2. The van der Waals surface area contributed by atoms with E-state index in [1.54, 1.807) is 11.1 Å². The minimum absolute atomic E-state index is 0.167. The maximum Gasteiger partial charge on any atom is 0.267 e. The van der Waals surface area contributed by atoms with Crippen LogP contribution < -0.4 is 4.90 Å². The average molecular weight is 368 g/mol. The lowest BCUT2D eigenvalue weighted by Gasteiger charge is -2.17. The third-order valence-electron chi connectivity index (χ3n) is 3.68. The molecule has 3 rings (SSSR count). The molecule has 0 N–H and O–H groups in total. The average Bonchev–Trinajstić information content (AvgIpc) is 2.88. The summed E-state index contributed by atoms with van der Waals surface area (Å²) in [5, 5.41) is 0. The standard InChI is InChI=1S/C19H16N2O2S2/c1-14(22)20(16-10-6-3-7-11-16)13-17-18(23)21(19(24)25-17)12-15-8-4-2-5-9-15/h2-11,13H,12H2,1H3. The Bertz CT molecular complexity index is 835. The van der Waals surface area contributed by atoms with Crippen molar-refractivity contribution in [2.24, 2.45) is 0 Å². The topological polar surface area (TPSA) is 40.6 Å². The van der Waals surface area contributed by atoms with Crippen molar-refractivity contribution in [2.75, 3.05) is 4.90 Å². The van der Waals surface area contributed by atoms with Gasteiger partial charge in [-0.25, -0.2) is 0 Å². The van der Waals surface area contributed by atoms with Crippen molar-refractivity contribution in [2.45, 2.75) is 13.5 Å². The smallest absolute Gasteiger partial charge is 0.267 e. The minimum Gasteiger partial charge on any atom is -0.288 e. The van der Waals surface area contributed by atoms with E-state index in [4.69, 9.17) is 12.2 Å². The lowest BCUT2D eigenvalue weighted by molar-refractivity contribution is -0.122. The highest BCUT2D eigenvalue weighted by atomic mass is 32.2. The second-order valence-corrected chi connectivity index (χ2v) is 7.14. The summed E-state index contributed by atoms with van der Waals surface area (Å²) in [6.07, 6.45) is 1.57. The van der Waals surface area contributed by atoms with Gasteiger partial charge in [-0.15, -0.1) is 0 Å². The molecule has 0 atom stereocenters. The molecule has 126 valence electrons. The van der Waals surface area contributed by atoms with E-state index >= 15 is 0 Å². The van der Waals surface area contributed by atoms with Crippen LogP contribution in [-0.2, 0) is 16.1 Å². The van der Waals surface area contributed by atoms with Gasteiger partial charge in [-0.05, 0) is 17.7 Å². The molecule has 0 aliphatic carbocycles. The molecule has 25 heavy (non-hydrogen) atoms. The van der Waals surface area contributed by atoms with Gasteiger partial charge in [0.05, 0.1) is 11.4 Å². The first kappa shape index (κ1) is 17.4. The summed E-state index contributed by atoms with van der Waals surface area (Å²) in [4.78, 5) is 28.2. The molecule has 0 bridgehead atoms. The number of thioether (sulfide) groups is 1.